The third kappa shape index (κ3) is 8.42. The Labute approximate surface area is 251 Å². The van der Waals surface area contributed by atoms with Crippen molar-refractivity contribution in [1.29, 1.82) is 0 Å². The highest BCUT2D eigenvalue weighted by Gasteiger charge is 2.26. The number of rotatable bonds is 9. The van der Waals surface area contributed by atoms with Crippen molar-refractivity contribution in [2.45, 2.75) is 24.9 Å². The van der Waals surface area contributed by atoms with E-state index >= 15 is 0 Å². The zero-order valence-electron chi connectivity index (χ0n) is 21.5. The lowest BCUT2D eigenvalue weighted by atomic mass is 10.2. The van der Waals surface area contributed by atoms with Gasteiger partial charge in [-0.05, 0) is 67.1 Å². The lowest BCUT2D eigenvalue weighted by molar-refractivity contribution is -0.136. The van der Waals surface area contributed by atoms with E-state index in [1.807, 2.05) is 6.92 Å². The lowest BCUT2D eigenvalue weighted by Gasteiger charge is -2.21. The number of nitrogens with zero attached hydrogens (tertiary/aromatic N) is 2. The van der Waals surface area contributed by atoms with Gasteiger partial charge in [-0.3, -0.25) is 9.59 Å². The van der Waals surface area contributed by atoms with Gasteiger partial charge in [0.2, 0.25) is 10.0 Å². The summed E-state index contributed by atoms with van der Waals surface area (Å²) in [7, 11) is -3.90. The van der Waals surface area contributed by atoms with E-state index in [-0.39, 0.29) is 29.4 Å². The number of carbonyl (C=O) groups excluding carboxylic acids is 2. The highest BCUT2D eigenvalue weighted by Crippen LogP contribution is 2.24. The molecule has 4 aromatic rings. The third-order valence-corrected chi connectivity index (χ3v) is 8.12. The minimum absolute atomic E-state index is 0.0699. The van der Waals surface area contributed by atoms with Crippen LogP contribution < -0.4 is 10.7 Å². The molecule has 0 saturated carbocycles. The minimum atomic E-state index is -3.90. The second-order valence-electron chi connectivity index (χ2n) is 8.83. The Morgan fingerprint density at radius 1 is 0.854 bits per heavy atom. The van der Waals surface area contributed by atoms with Gasteiger partial charge in [0, 0.05) is 27.3 Å². The van der Waals surface area contributed by atoms with Gasteiger partial charge in [-0.1, -0.05) is 64.6 Å². The van der Waals surface area contributed by atoms with Gasteiger partial charge in [-0.15, -0.1) is 0 Å². The number of furan rings is 1. The summed E-state index contributed by atoms with van der Waals surface area (Å²) in [4.78, 5) is 24.4. The highest BCUT2D eigenvalue weighted by molar-refractivity contribution is 7.89. The second-order valence-corrected chi connectivity index (χ2v) is 12.1. The number of halogens is 3. The number of sulfonamides is 1. The SMILES string of the molecule is Cc1ccc(S(=O)(=O)N(Cc2ccc(Cl)cc2)Cc2ccc(/C=N/NC(=O)C(=O)Nc3cc(Cl)cc(Cl)c3)o2)cc1. The van der Waals surface area contributed by atoms with Crippen molar-refractivity contribution in [3.63, 3.8) is 0 Å². The van der Waals surface area contributed by atoms with Gasteiger partial charge in [0.1, 0.15) is 11.5 Å². The summed E-state index contributed by atoms with van der Waals surface area (Å²) in [5, 5.41) is 7.22. The number of nitrogens with one attached hydrogen (secondary N) is 2. The molecular weight excluding hydrogens is 611 g/mol. The number of anilines is 1. The Kier molecular flexibility index (Phi) is 9.85. The largest absolute Gasteiger partial charge is 0.459 e. The molecule has 3 aromatic carbocycles. The van der Waals surface area contributed by atoms with Crippen LogP contribution in [-0.4, -0.2) is 30.8 Å². The smallest absolute Gasteiger partial charge is 0.329 e. The van der Waals surface area contributed by atoms with E-state index in [4.69, 9.17) is 39.2 Å². The Morgan fingerprint density at radius 2 is 1.51 bits per heavy atom. The number of hydrogen-bond acceptors (Lipinski definition) is 6. The van der Waals surface area contributed by atoms with E-state index in [9.17, 15) is 18.0 Å². The number of amides is 2. The molecule has 0 spiro atoms. The average Bonchev–Trinajstić information content (AvgIpc) is 3.36. The first kappa shape index (κ1) is 30.3. The molecule has 1 aromatic heterocycles. The molecule has 1 heterocycles. The monoisotopic (exact) mass is 632 g/mol. The standard InChI is InChI=1S/C28H23Cl3N4O5S/c1-18-2-10-26(11-3-18)41(38,39)35(16-19-4-6-20(29)7-5-19)17-25-9-8-24(40-25)15-32-34-28(37)27(36)33-23-13-21(30)12-22(31)14-23/h2-15H,16-17H2,1H3,(H,33,36)(H,34,37)/b32-15+. The fourth-order valence-electron chi connectivity index (χ4n) is 3.62. The summed E-state index contributed by atoms with van der Waals surface area (Å²) in [6.07, 6.45) is 1.18. The second kappa shape index (κ2) is 13.3. The van der Waals surface area contributed by atoms with Gasteiger partial charge < -0.3 is 9.73 Å². The van der Waals surface area contributed by atoms with Crippen LogP contribution in [0.25, 0.3) is 0 Å². The van der Waals surface area contributed by atoms with Crippen molar-refractivity contribution in [2.24, 2.45) is 5.10 Å². The third-order valence-electron chi connectivity index (χ3n) is 5.63. The van der Waals surface area contributed by atoms with E-state index in [1.165, 1.54) is 28.7 Å². The molecule has 212 valence electrons. The maximum absolute atomic E-state index is 13.5. The van der Waals surface area contributed by atoms with Crippen LogP contribution in [0.5, 0.6) is 0 Å². The van der Waals surface area contributed by atoms with Crippen LogP contribution in [-0.2, 0) is 32.7 Å². The average molecular weight is 634 g/mol. The Balaban J connectivity index is 1.44. The molecule has 13 heteroatoms. The fourth-order valence-corrected chi connectivity index (χ4v) is 5.67. The van der Waals surface area contributed by atoms with Crippen LogP contribution in [0, 0.1) is 6.92 Å². The Morgan fingerprint density at radius 3 is 2.17 bits per heavy atom. The molecule has 0 aliphatic rings. The first-order chi connectivity index (χ1) is 19.5. The predicted molar refractivity (Wildman–Crippen MR) is 159 cm³/mol. The summed E-state index contributed by atoms with van der Waals surface area (Å²) in [6.45, 7) is 1.86. The maximum Gasteiger partial charge on any atom is 0.329 e. The molecule has 4 rings (SSSR count). The van der Waals surface area contributed by atoms with Crippen molar-refractivity contribution in [3.8, 4) is 0 Å². The number of hydrogen-bond donors (Lipinski definition) is 2. The highest BCUT2D eigenvalue weighted by atomic mass is 35.5. The van der Waals surface area contributed by atoms with Crippen molar-refractivity contribution in [1.82, 2.24) is 9.73 Å². The Hall–Kier alpha value is -3.67. The molecule has 0 radical (unpaired) electrons. The van der Waals surface area contributed by atoms with Gasteiger partial charge >= 0.3 is 11.8 Å². The quantitative estimate of drug-likeness (QED) is 0.133. The molecule has 0 aliphatic heterocycles. The van der Waals surface area contributed by atoms with Gasteiger partial charge in [0.25, 0.3) is 0 Å². The van der Waals surface area contributed by atoms with Crippen molar-refractivity contribution in [3.05, 3.63) is 117 Å². The summed E-state index contributed by atoms with van der Waals surface area (Å²) in [5.74, 6) is -1.47. The number of benzene rings is 3. The first-order valence-electron chi connectivity index (χ1n) is 12.0. The minimum Gasteiger partial charge on any atom is -0.459 e. The van der Waals surface area contributed by atoms with Crippen molar-refractivity contribution in [2.75, 3.05) is 5.32 Å². The molecule has 2 amide bonds. The maximum atomic E-state index is 13.5. The number of carbonyl (C=O) groups is 2. The van der Waals surface area contributed by atoms with Crippen LogP contribution in [0.1, 0.15) is 22.6 Å². The first-order valence-corrected chi connectivity index (χ1v) is 14.6. The molecule has 0 fully saturated rings. The summed E-state index contributed by atoms with van der Waals surface area (Å²) in [6, 6.07) is 20.9. The van der Waals surface area contributed by atoms with Crippen LogP contribution in [0.15, 0.2) is 93.3 Å². The molecule has 0 aliphatic carbocycles. The number of hydrazone groups is 1. The fraction of sp³-hybridized carbons (Fsp3) is 0.107. The number of aryl methyl sites for hydroxylation is 1. The zero-order valence-corrected chi connectivity index (χ0v) is 24.6. The molecule has 0 unspecified atom stereocenters. The lowest BCUT2D eigenvalue weighted by Crippen LogP contribution is -2.32. The van der Waals surface area contributed by atoms with E-state index in [0.29, 0.717) is 20.8 Å². The molecule has 0 atom stereocenters. The molecule has 0 saturated heterocycles. The molecule has 2 N–H and O–H groups in total. The Bertz CT molecular complexity index is 1670. The molecular formula is C28H23Cl3N4O5S. The van der Waals surface area contributed by atoms with Crippen LogP contribution >= 0.6 is 34.8 Å². The molecule has 9 nitrogen and oxygen atoms in total. The van der Waals surface area contributed by atoms with Gasteiger partial charge in [0.15, 0.2) is 0 Å². The predicted octanol–water partition coefficient (Wildman–Crippen LogP) is 6.03. The van der Waals surface area contributed by atoms with Gasteiger partial charge in [-0.25, -0.2) is 13.8 Å². The van der Waals surface area contributed by atoms with Crippen LogP contribution in [0.2, 0.25) is 15.1 Å². The van der Waals surface area contributed by atoms with Crippen LogP contribution in [0.3, 0.4) is 0 Å². The summed E-state index contributed by atoms with van der Waals surface area (Å²) < 4.78 is 34.1. The normalized spacial score (nSPS) is 11.6. The summed E-state index contributed by atoms with van der Waals surface area (Å²) >= 11 is 17.8. The van der Waals surface area contributed by atoms with Crippen molar-refractivity contribution >= 4 is 68.5 Å². The summed E-state index contributed by atoms with van der Waals surface area (Å²) in [5.41, 5.74) is 4.00. The topological polar surface area (TPSA) is 121 Å². The molecule has 0 bridgehead atoms. The van der Waals surface area contributed by atoms with E-state index in [2.05, 4.69) is 15.8 Å². The molecule has 41 heavy (non-hydrogen) atoms. The van der Waals surface area contributed by atoms with E-state index < -0.39 is 21.8 Å². The van der Waals surface area contributed by atoms with Gasteiger partial charge in [-0.2, -0.15) is 9.41 Å². The van der Waals surface area contributed by atoms with E-state index in [1.54, 1.807) is 60.7 Å². The zero-order chi connectivity index (χ0) is 29.6. The van der Waals surface area contributed by atoms with Crippen LogP contribution in [0.4, 0.5) is 5.69 Å². The van der Waals surface area contributed by atoms with Crippen molar-refractivity contribution < 1.29 is 22.4 Å². The van der Waals surface area contributed by atoms with E-state index in [0.717, 1.165) is 11.1 Å². The van der Waals surface area contributed by atoms with Gasteiger partial charge in [0.05, 0.1) is 17.7 Å².